The average Bonchev–Trinajstić information content (AvgIpc) is 3.29. The van der Waals surface area contributed by atoms with Crippen LogP contribution in [0.1, 0.15) is 9.67 Å². The number of methoxy groups -OCH3 is 2. The second kappa shape index (κ2) is 9.02. The minimum atomic E-state index is -0.134. The molecule has 1 heterocycles. The number of hydrogen-bond donors (Lipinski definition) is 0. The van der Waals surface area contributed by atoms with Gasteiger partial charge in [0.1, 0.15) is 9.88 Å². The van der Waals surface area contributed by atoms with Crippen molar-refractivity contribution in [3.05, 3.63) is 83.7 Å². The number of hydrogen-bond acceptors (Lipinski definition) is 5. The molecule has 1 amide bonds. The van der Waals surface area contributed by atoms with Crippen LogP contribution >= 0.6 is 11.3 Å². The molecule has 0 aliphatic rings. The van der Waals surface area contributed by atoms with Gasteiger partial charge in [-0.15, -0.1) is 11.3 Å². The molecule has 0 aliphatic carbocycles. The summed E-state index contributed by atoms with van der Waals surface area (Å²) in [5.41, 5.74) is 3.28. The highest BCUT2D eigenvalue weighted by Gasteiger charge is 2.24. The van der Waals surface area contributed by atoms with Crippen molar-refractivity contribution in [2.75, 3.05) is 26.2 Å². The van der Waals surface area contributed by atoms with E-state index in [4.69, 9.17) is 14.5 Å². The highest BCUT2D eigenvalue weighted by molar-refractivity contribution is 7.17. The van der Waals surface area contributed by atoms with Gasteiger partial charge in [-0.3, -0.25) is 4.79 Å². The van der Waals surface area contributed by atoms with Crippen molar-refractivity contribution in [1.82, 2.24) is 4.98 Å². The molecule has 0 N–H and O–H groups in total. The normalized spacial score (nSPS) is 10.5. The first-order valence-corrected chi connectivity index (χ1v) is 10.6. The Bertz CT molecular complexity index is 1190. The molecular weight excluding hydrogens is 408 g/mol. The maximum Gasteiger partial charge on any atom is 0.270 e. The fraction of sp³-hybridized carbons (Fsp3) is 0.120. The van der Waals surface area contributed by atoms with Gasteiger partial charge >= 0.3 is 0 Å². The molecule has 0 bridgehead atoms. The van der Waals surface area contributed by atoms with Crippen LogP contribution in [0.15, 0.2) is 78.9 Å². The number of rotatable bonds is 6. The van der Waals surface area contributed by atoms with E-state index in [-0.39, 0.29) is 5.91 Å². The molecule has 31 heavy (non-hydrogen) atoms. The van der Waals surface area contributed by atoms with E-state index in [9.17, 15) is 4.79 Å². The lowest BCUT2D eigenvalue weighted by molar-refractivity contribution is 0.0997. The summed E-state index contributed by atoms with van der Waals surface area (Å²) in [6, 6.07) is 25.1. The Hall–Kier alpha value is -3.64. The molecule has 0 radical (unpaired) electrons. The first kappa shape index (κ1) is 20.6. The Labute approximate surface area is 185 Å². The summed E-state index contributed by atoms with van der Waals surface area (Å²) in [5, 5.41) is 0.809. The summed E-state index contributed by atoms with van der Waals surface area (Å²) in [5.74, 6) is 1.05. The van der Waals surface area contributed by atoms with Gasteiger partial charge in [0.15, 0.2) is 11.5 Å². The Morgan fingerprint density at radius 3 is 2.06 bits per heavy atom. The zero-order chi connectivity index (χ0) is 21.8. The van der Waals surface area contributed by atoms with Gasteiger partial charge in [-0.2, -0.15) is 0 Å². The second-order valence-electron chi connectivity index (χ2n) is 6.83. The molecule has 156 valence electrons. The highest BCUT2D eigenvalue weighted by Crippen LogP contribution is 2.36. The fourth-order valence-corrected chi connectivity index (χ4v) is 4.33. The first-order chi connectivity index (χ1) is 15.1. The smallest absolute Gasteiger partial charge is 0.270 e. The SMILES string of the molecule is COc1ccc(N(C)C(=O)c2sc(-c3ccccc3)nc2-c2ccccc2)cc1OC. The van der Waals surface area contributed by atoms with Crippen molar-refractivity contribution >= 4 is 22.9 Å². The van der Waals surface area contributed by atoms with Gasteiger partial charge in [-0.05, 0) is 12.1 Å². The van der Waals surface area contributed by atoms with Gasteiger partial charge in [0.2, 0.25) is 0 Å². The van der Waals surface area contributed by atoms with Gasteiger partial charge in [-0.25, -0.2) is 4.98 Å². The molecule has 4 aromatic rings. The number of ether oxygens (including phenoxy) is 2. The van der Waals surface area contributed by atoms with E-state index >= 15 is 0 Å². The summed E-state index contributed by atoms with van der Waals surface area (Å²) in [6.07, 6.45) is 0. The van der Waals surface area contributed by atoms with Gasteiger partial charge in [0.05, 0.1) is 19.9 Å². The van der Waals surface area contributed by atoms with Crippen molar-refractivity contribution in [2.24, 2.45) is 0 Å². The molecule has 0 spiro atoms. The van der Waals surface area contributed by atoms with Crippen LogP contribution in [0.3, 0.4) is 0 Å². The summed E-state index contributed by atoms with van der Waals surface area (Å²) < 4.78 is 10.7. The average molecular weight is 431 g/mol. The zero-order valence-corrected chi connectivity index (χ0v) is 18.3. The number of amides is 1. The highest BCUT2D eigenvalue weighted by atomic mass is 32.1. The van der Waals surface area contributed by atoms with E-state index < -0.39 is 0 Å². The van der Waals surface area contributed by atoms with Crippen molar-refractivity contribution in [3.63, 3.8) is 0 Å². The van der Waals surface area contributed by atoms with Crippen LogP contribution in [0, 0.1) is 0 Å². The number of benzene rings is 3. The van der Waals surface area contributed by atoms with Crippen molar-refractivity contribution < 1.29 is 14.3 Å². The third-order valence-corrected chi connectivity index (χ3v) is 6.04. The molecule has 5 nitrogen and oxygen atoms in total. The van der Waals surface area contributed by atoms with Crippen LogP contribution in [0.4, 0.5) is 5.69 Å². The lowest BCUT2D eigenvalue weighted by atomic mass is 10.1. The minimum absolute atomic E-state index is 0.134. The van der Waals surface area contributed by atoms with E-state index in [1.165, 1.54) is 11.3 Å². The molecule has 3 aromatic carbocycles. The van der Waals surface area contributed by atoms with Crippen LogP contribution in [0.5, 0.6) is 11.5 Å². The maximum absolute atomic E-state index is 13.6. The number of thiazole rings is 1. The number of carbonyl (C=O) groups excluding carboxylic acids is 1. The van der Waals surface area contributed by atoms with Gasteiger partial charge in [0.25, 0.3) is 5.91 Å². The second-order valence-corrected chi connectivity index (χ2v) is 7.83. The summed E-state index contributed by atoms with van der Waals surface area (Å²) in [6.45, 7) is 0. The van der Waals surface area contributed by atoms with Crippen LogP contribution in [0.25, 0.3) is 21.8 Å². The maximum atomic E-state index is 13.6. The van der Waals surface area contributed by atoms with E-state index in [0.717, 1.165) is 16.1 Å². The Kier molecular flexibility index (Phi) is 6.00. The minimum Gasteiger partial charge on any atom is -0.493 e. The van der Waals surface area contributed by atoms with E-state index in [0.29, 0.717) is 27.8 Å². The first-order valence-electron chi connectivity index (χ1n) is 9.74. The Balaban J connectivity index is 1.77. The van der Waals surface area contributed by atoms with Crippen LogP contribution in [-0.4, -0.2) is 32.2 Å². The molecule has 0 saturated heterocycles. The third-order valence-electron chi connectivity index (χ3n) is 4.95. The molecule has 1 aromatic heterocycles. The van der Waals surface area contributed by atoms with E-state index in [1.807, 2.05) is 66.7 Å². The van der Waals surface area contributed by atoms with Gasteiger partial charge in [-0.1, -0.05) is 60.7 Å². The quantitative estimate of drug-likeness (QED) is 0.390. The van der Waals surface area contributed by atoms with Crippen LogP contribution in [-0.2, 0) is 0 Å². The summed E-state index contributed by atoms with van der Waals surface area (Å²) in [4.78, 5) is 20.6. The monoisotopic (exact) mass is 430 g/mol. The molecule has 0 unspecified atom stereocenters. The number of carbonyl (C=O) groups is 1. The molecule has 0 atom stereocenters. The lowest BCUT2D eigenvalue weighted by Gasteiger charge is -2.19. The number of aromatic nitrogens is 1. The third kappa shape index (κ3) is 4.15. The predicted molar refractivity (Wildman–Crippen MR) is 125 cm³/mol. The zero-order valence-electron chi connectivity index (χ0n) is 17.5. The number of anilines is 1. The molecule has 6 heteroatoms. The predicted octanol–water partition coefficient (Wildman–Crippen LogP) is 5.77. The Morgan fingerprint density at radius 2 is 1.45 bits per heavy atom. The molecule has 4 rings (SSSR count). The standard InChI is InChI=1S/C25H22N2O3S/c1-27(19-14-15-20(29-2)21(16-19)30-3)25(28)23-22(17-10-6-4-7-11-17)26-24(31-23)18-12-8-5-9-13-18/h4-16H,1-3H3. The molecule has 0 saturated carbocycles. The van der Waals surface area contributed by atoms with Crippen LogP contribution < -0.4 is 14.4 Å². The summed E-state index contributed by atoms with van der Waals surface area (Å²) in [7, 11) is 4.91. The molecule has 0 fully saturated rings. The molecular formula is C25H22N2O3S. The largest absolute Gasteiger partial charge is 0.493 e. The topological polar surface area (TPSA) is 51.7 Å². The lowest BCUT2D eigenvalue weighted by Crippen LogP contribution is -2.26. The van der Waals surface area contributed by atoms with Crippen molar-refractivity contribution in [3.8, 4) is 33.3 Å². The van der Waals surface area contributed by atoms with Gasteiger partial charge < -0.3 is 14.4 Å². The number of nitrogens with zero attached hydrogens (tertiary/aromatic N) is 2. The van der Waals surface area contributed by atoms with E-state index in [2.05, 4.69) is 0 Å². The van der Waals surface area contributed by atoms with Crippen LogP contribution in [0.2, 0.25) is 0 Å². The molecule has 0 aliphatic heterocycles. The van der Waals surface area contributed by atoms with Crippen molar-refractivity contribution in [1.29, 1.82) is 0 Å². The fourth-order valence-electron chi connectivity index (χ4n) is 3.26. The Morgan fingerprint density at radius 1 is 0.839 bits per heavy atom. The van der Waals surface area contributed by atoms with E-state index in [1.54, 1.807) is 38.3 Å². The van der Waals surface area contributed by atoms with Gasteiger partial charge in [0, 0.05) is 29.9 Å². The van der Waals surface area contributed by atoms with Crippen molar-refractivity contribution in [2.45, 2.75) is 0 Å². The summed E-state index contributed by atoms with van der Waals surface area (Å²) >= 11 is 1.40.